The minimum Gasteiger partial charge on any atom is -0.295 e. The van der Waals surface area contributed by atoms with Gasteiger partial charge in [-0.25, -0.2) is 4.98 Å². The van der Waals surface area contributed by atoms with Crippen LogP contribution < -0.4 is 0 Å². The van der Waals surface area contributed by atoms with E-state index < -0.39 is 0 Å². The Kier molecular flexibility index (Phi) is 4.54. The maximum absolute atomic E-state index is 6.20. The third-order valence-electron chi connectivity index (χ3n) is 3.01. The number of imidazole rings is 1. The van der Waals surface area contributed by atoms with E-state index in [4.69, 9.17) is 23.2 Å². The van der Waals surface area contributed by atoms with E-state index in [9.17, 15) is 0 Å². The molecule has 5 heteroatoms. The number of para-hydroxylation sites is 1. The summed E-state index contributed by atoms with van der Waals surface area (Å²) in [4.78, 5) is 4.41. The highest BCUT2D eigenvalue weighted by molar-refractivity contribution is 7.98. The Balaban J connectivity index is 1.79. The number of hydrogen-bond donors (Lipinski definition) is 0. The lowest BCUT2D eigenvalue weighted by Crippen LogP contribution is -1.95. The van der Waals surface area contributed by atoms with Gasteiger partial charge in [-0.2, -0.15) is 0 Å². The molecule has 2 aromatic carbocycles. The SMILES string of the molecule is Clc1ccc(CSc2nccn2-c2ccccc2)c(Cl)c1. The number of thioether (sulfide) groups is 1. The number of benzene rings is 2. The zero-order chi connectivity index (χ0) is 14.7. The van der Waals surface area contributed by atoms with Crippen LogP contribution in [0, 0.1) is 0 Å². The summed E-state index contributed by atoms with van der Waals surface area (Å²) in [5, 5.41) is 2.28. The topological polar surface area (TPSA) is 17.8 Å². The monoisotopic (exact) mass is 334 g/mol. The fourth-order valence-corrected chi connectivity index (χ4v) is 3.49. The molecule has 0 aliphatic carbocycles. The lowest BCUT2D eigenvalue weighted by Gasteiger charge is -2.08. The van der Waals surface area contributed by atoms with Crippen molar-refractivity contribution >= 4 is 35.0 Å². The molecule has 106 valence electrons. The summed E-state index contributed by atoms with van der Waals surface area (Å²) in [5.74, 6) is 0.750. The molecule has 0 fully saturated rings. The van der Waals surface area contributed by atoms with Gasteiger partial charge >= 0.3 is 0 Å². The van der Waals surface area contributed by atoms with Crippen molar-refractivity contribution in [2.45, 2.75) is 10.9 Å². The zero-order valence-electron chi connectivity index (χ0n) is 11.0. The van der Waals surface area contributed by atoms with Crippen LogP contribution in [0.2, 0.25) is 10.0 Å². The van der Waals surface area contributed by atoms with Gasteiger partial charge in [-0.15, -0.1) is 0 Å². The first-order valence-corrected chi connectivity index (χ1v) is 8.14. The molecule has 0 spiro atoms. The molecule has 0 aliphatic heterocycles. The summed E-state index contributed by atoms with van der Waals surface area (Å²) in [6.07, 6.45) is 3.76. The quantitative estimate of drug-likeness (QED) is 0.588. The summed E-state index contributed by atoms with van der Waals surface area (Å²) in [5.41, 5.74) is 2.15. The van der Waals surface area contributed by atoms with Crippen LogP contribution in [0.25, 0.3) is 5.69 Å². The maximum Gasteiger partial charge on any atom is 0.172 e. The fraction of sp³-hybridized carbons (Fsp3) is 0.0625. The number of aromatic nitrogens is 2. The van der Waals surface area contributed by atoms with Gasteiger partial charge in [0.05, 0.1) is 0 Å². The average Bonchev–Trinajstić information content (AvgIpc) is 2.96. The van der Waals surface area contributed by atoms with E-state index in [1.807, 2.05) is 36.5 Å². The molecular weight excluding hydrogens is 323 g/mol. The van der Waals surface area contributed by atoms with E-state index in [-0.39, 0.29) is 0 Å². The van der Waals surface area contributed by atoms with Crippen molar-refractivity contribution in [2.75, 3.05) is 0 Å². The zero-order valence-corrected chi connectivity index (χ0v) is 13.4. The van der Waals surface area contributed by atoms with Crippen LogP contribution in [0.1, 0.15) is 5.56 Å². The van der Waals surface area contributed by atoms with Gasteiger partial charge in [0.15, 0.2) is 5.16 Å². The van der Waals surface area contributed by atoms with Gasteiger partial charge < -0.3 is 0 Å². The number of hydrogen-bond acceptors (Lipinski definition) is 2. The van der Waals surface area contributed by atoms with Crippen LogP contribution in [0.3, 0.4) is 0 Å². The van der Waals surface area contributed by atoms with E-state index in [2.05, 4.69) is 21.7 Å². The molecule has 0 amide bonds. The van der Waals surface area contributed by atoms with Gasteiger partial charge in [0.25, 0.3) is 0 Å². The predicted molar refractivity (Wildman–Crippen MR) is 89.6 cm³/mol. The second kappa shape index (κ2) is 6.56. The lowest BCUT2D eigenvalue weighted by atomic mass is 10.2. The van der Waals surface area contributed by atoms with Crippen LogP contribution in [0.5, 0.6) is 0 Å². The minimum atomic E-state index is 0.652. The molecule has 0 bridgehead atoms. The Labute approximate surface area is 137 Å². The first-order chi connectivity index (χ1) is 10.2. The van der Waals surface area contributed by atoms with E-state index in [1.54, 1.807) is 24.0 Å². The van der Waals surface area contributed by atoms with Crippen molar-refractivity contribution in [1.82, 2.24) is 9.55 Å². The highest BCUT2D eigenvalue weighted by Gasteiger charge is 2.08. The van der Waals surface area contributed by atoms with Crippen LogP contribution in [-0.2, 0) is 5.75 Å². The van der Waals surface area contributed by atoms with E-state index in [1.165, 1.54) is 0 Å². The summed E-state index contributed by atoms with van der Waals surface area (Å²) < 4.78 is 2.06. The van der Waals surface area contributed by atoms with Crippen LogP contribution >= 0.6 is 35.0 Å². The lowest BCUT2D eigenvalue weighted by molar-refractivity contribution is 0.895. The molecule has 3 rings (SSSR count). The van der Waals surface area contributed by atoms with Crippen molar-refractivity contribution in [3.8, 4) is 5.69 Å². The van der Waals surface area contributed by atoms with Crippen molar-refractivity contribution in [3.63, 3.8) is 0 Å². The Morgan fingerprint density at radius 3 is 2.62 bits per heavy atom. The summed E-state index contributed by atoms with van der Waals surface area (Å²) in [6.45, 7) is 0. The summed E-state index contributed by atoms with van der Waals surface area (Å²) >= 11 is 13.8. The molecule has 3 aromatic rings. The third-order valence-corrected chi connectivity index (χ3v) is 4.62. The van der Waals surface area contributed by atoms with E-state index in [0.29, 0.717) is 10.0 Å². The molecule has 1 aromatic heterocycles. The van der Waals surface area contributed by atoms with Crippen molar-refractivity contribution in [2.24, 2.45) is 0 Å². The molecule has 0 atom stereocenters. The normalized spacial score (nSPS) is 10.8. The molecule has 2 nitrogen and oxygen atoms in total. The molecular formula is C16H12Cl2N2S. The number of rotatable bonds is 4. The van der Waals surface area contributed by atoms with Gasteiger partial charge in [0, 0.05) is 33.9 Å². The highest BCUT2D eigenvalue weighted by Crippen LogP contribution is 2.28. The van der Waals surface area contributed by atoms with E-state index in [0.717, 1.165) is 22.2 Å². The Morgan fingerprint density at radius 2 is 1.86 bits per heavy atom. The Bertz CT molecular complexity index is 741. The first-order valence-electron chi connectivity index (χ1n) is 6.39. The van der Waals surface area contributed by atoms with Gasteiger partial charge in [-0.3, -0.25) is 4.57 Å². The fourth-order valence-electron chi connectivity index (χ4n) is 1.96. The average molecular weight is 335 g/mol. The first kappa shape index (κ1) is 14.5. The Hall–Kier alpha value is -1.42. The van der Waals surface area contributed by atoms with Crippen molar-refractivity contribution in [1.29, 1.82) is 0 Å². The molecule has 0 radical (unpaired) electrons. The summed E-state index contributed by atoms with van der Waals surface area (Å²) in [7, 11) is 0. The van der Waals surface area contributed by atoms with Crippen molar-refractivity contribution in [3.05, 3.63) is 76.5 Å². The summed E-state index contributed by atoms with van der Waals surface area (Å²) in [6, 6.07) is 15.7. The van der Waals surface area contributed by atoms with Gasteiger partial charge in [0.1, 0.15) is 0 Å². The molecule has 0 saturated heterocycles. The van der Waals surface area contributed by atoms with Crippen LogP contribution in [0.4, 0.5) is 0 Å². The minimum absolute atomic E-state index is 0.652. The van der Waals surface area contributed by atoms with Crippen LogP contribution in [0.15, 0.2) is 66.1 Å². The van der Waals surface area contributed by atoms with Gasteiger partial charge in [-0.1, -0.05) is 59.2 Å². The molecule has 0 saturated carbocycles. The van der Waals surface area contributed by atoms with Crippen molar-refractivity contribution < 1.29 is 0 Å². The molecule has 21 heavy (non-hydrogen) atoms. The molecule has 1 heterocycles. The van der Waals surface area contributed by atoms with Gasteiger partial charge in [0.2, 0.25) is 0 Å². The third kappa shape index (κ3) is 3.43. The molecule has 0 unspecified atom stereocenters. The predicted octanol–water partition coefficient (Wildman–Crippen LogP) is 5.47. The smallest absolute Gasteiger partial charge is 0.172 e. The van der Waals surface area contributed by atoms with E-state index >= 15 is 0 Å². The second-order valence-electron chi connectivity index (χ2n) is 4.44. The molecule has 0 N–H and O–H groups in total. The van der Waals surface area contributed by atoms with Crippen LogP contribution in [-0.4, -0.2) is 9.55 Å². The Morgan fingerprint density at radius 1 is 1.05 bits per heavy atom. The second-order valence-corrected chi connectivity index (χ2v) is 6.23. The largest absolute Gasteiger partial charge is 0.295 e. The number of halogens is 2. The van der Waals surface area contributed by atoms with Gasteiger partial charge in [-0.05, 0) is 29.8 Å². The maximum atomic E-state index is 6.20. The molecule has 0 aliphatic rings. The number of nitrogens with zero attached hydrogens (tertiary/aromatic N) is 2. The highest BCUT2D eigenvalue weighted by atomic mass is 35.5. The standard InChI is InChI=1S/C16H12Cl2N2S/c17-13-7-6-12(15(18)10-13)11-21-16-19-8-9-20(16)14-4-2-1-3-5-14/h1-10H,11H2.